The van der Waals surface area contributed by atoms with Gasteiger partial charge in [0.1, 0.15) is 18.1 Å². The Balaban J connectivity index is 1.64. The van der Waals surface area contributed by atoms with Crippen molar-refractivity contribution in [2.75, 3.05) is 33.1 Å². The predicted octanol–water partition coefficient (Wildman–Crippen LogP) is 3.44. The van der Waals surface area contributed by atoms with E-state index >= 15 is 0 Å². The molecule has 152 valence electrons. The summed E-state index contributed by atoms with van der Waals surface area (Å²) < 4.78 is 34.0. The number of halogens is 1. The second-order valence-electron chi connectivity index (χ2n) is 6.32. The van der Waals surface area contributed by atoms with Gasteiger partial charge in [0, 0.05) is 24.7 Å². The maximum atomic E-state index is 12.1. The maximum Gasteiger partial charge on any atom is 0.222 e. The first kappa shape index (κ1) is 22.0. The van der Waals surface area contributed by atoms with Crippen molar-refractivity contribution in [3.8, 4) is 11.5 Å². The van der Waals surface area contributed by atoms with Crippen LogP contribution in [0.3, 0.4) is 0 Å². The molecule has 0 saturated carbocycles. The molecule has 28 heavy (non-hydrogen) atoms. The van der Waals surface area contributed by atoms with Crippen LogP contribution >= 0.6 is 11.6 Å². The van der Waals surface area contributed by atoms with E-state index in [0.29, 0.717) is 49.1 Å². The summed E-state index contributed by atoms with van der Waals surface area (Å²) in [5, 5.41) is 0.605. The molecule has 2 aromatic carbocycles. The normalized spacial score (nSPS) is 11.1. The number of rotatable bonds is 10. The number of hydrogen-bond donors (Lipinski definition) is 0. The number of likely N-dealkylation sites (N-methyl/N-ethyl adjacent to an activating group) is 1. The van der Waals surface area contributed by atoms with Gasteiger partial charge in [-0.25, -0.2) is 8.42 Å². The zero-order valence-corrected chi connectivity index (χ0v) is 17.5. The predicted molar refractivity (Wildman–Crippen MR) is 109 cm³/mol. The molecule has 0 radical (unpaired) electrons. The molecular formula is C20H24ClNO5S. The maximum absolute atomic E-state index is 12.1. The zero-order chi connectivity index (χ0) is 20.6. The Hall–Kier alpha value is -2.25. The Morgan fingerprint density at radius 1 is 1.04 bits per heavy atom. The van der Waals surface area contributed by atoms with Crippen molar-refractivity contribution in [2.45, 2.75) is 17.7 Å². The molecule has 2 aromatic rings. The van der Waals surface area contributed by atoms with Crippen LogP contribution < -0.4 is 9.47 Å². The summed E-state index contributed by atoms with van der Waals surface area (Å²) in [7, 11) is -1.49. The van der Waals surface area contributed by atoms with Gasteiger partial charge in [-0.3, -0.25) is 4.79 Å². The topological polar surface area (TPSA) is 72.9 Å². The first-order valence-electron chi connectivity index (χ1n) is 8.81. The van der Waals surface area contributed by atoms with Gasteiger partial charge in [0.25, 0.3) is 0 Å². The number of carbonyl (C=O) groups is 1. The summed E-state index contributed by atoms with van der Waals surface area (Å²) in [6.07, 6.45) is 2.08. The van der Waals surface area contributed by atoms with Crippen LogP contribution in [0.25, 0.3) is 0 Å². The van der Waals surface area contributed by atoms with E-state index < -0.39 is 9.84 Å². The number of benzene rings is 2. The summed E-state index contributed by atoms with van der Waals surface area (Å²) in [5.74, 6) is 1.25. The minimum Gasteiger partial charge on any atom is -0.494 e. The Morgan fingerprint density at radius 3 is 2.36 bits per heavy atom. The molecule has 0 atom stereocenters. The minimum atomic E-state index is -3.22. The molecule has 0 saturated heterocycles. The lowest BCUT2D eigenvalue weighted by atomic mass is 10.3. The smallest absolute Gasteiger partial charge is 0.222 e. The van der Waals surface area contributed by atoms with E-state index in [1.54, 1.807) is 42.3 Å². The number of ether oxygens (including phenoxy) is 2. The van der Waals surface area contributed by atoms with E-state index in [-0.39, 0.29) is 10.8 Å². The highest BCUT2D eigenvalue weighted by Gasteiger charge is 2.09. The highest BCUT2D eigenvalue weighted by Crippen LogP contribution is 2.17. The highest BCUT2D eigenvalue weighted by atomic mass is 35.5. The van der Waals surface area contributed by atoms with Gasteiger partial charge in [0.2, 0.25) is 5.91 Å². The van der Waals surface area contributed by atoms with Crippen molar-refractivity contribution in [1.29, 1.82) is 0 Å². The summed E-state index contributed by atoms with van der Waals surface area (Å²) in [6.45, 7) is 1.22. The lowest BCUT2D eigenvalue weighted by Gasteiger charge is -2.17. The third kappa shape index (κ3) is 7.40. The van der Waals surface area contributed by atoms with Gasteiger partial charge in [0.15, 0.2) is 9.84 Å². The quantitative estimate of drug-likeness (QED) is 0.545. The van der Waals surface area contributed by atoms with Gasteiger partial charge in [-0.1, -0.05) is 17.7 Å². The van der Waals surface area contributed by atoms with Crippen LogP contribution in [0.5, 0.6) is 11.5 Å². The number of sulfone groups is 1. The van der Waals surface area contributed by atoms with E-state index in [2.05, 4.69) is 0 Å². The van der Waals surface area contributed by atoms with Crippen LogP contribution in [0.4, 0.5) is 0 Å². The van der Waals surface area contributed by atoms with Gasteiger partial charge < -0.3 is 14.4 Å². The number of amides is 1. The van der Waals surface area contributed by atoms with Crippen LogP contribution in [-0.2, 0) is 14.6 Å². The summed E-state index contributed by atoms with van der Waals surface area (Å²) >= 11 is 5.90. The van der Waals surface area contributed by atoms with Gasteiger partial charge in [-0.05, 0) is 48.9 Å². The first-order chi connectivity index (χ1) is 13.3. The molecule has 0 heterocycles. The third-order valence-electron chi connectivity index (χ3n) is 3.97. The molecule has 0 spiro atoms. The molecule has 0 bridgehead atoms. The molecule has 0 aromatic heterocycles. The van der Waals surface area contributed by atoms with Crippen molar-refractivity contribution in [3.05, 3.63) is 53.6 Å². The minimum absolute atomic E-state index is 0.00529. The van der Waals surface area contributed by atoms with E-state index in [1.807, 2.05) is 6.07 Å². The molecule has 0 N–H and O–H groups in total. The highest BCUT2D eigenvalue weighted by molar-refractivity contribution is 7.90. The van der Waals surface area contributed by atoms with Gasteiger partial charge in [0.05, 0.1) is 18.0 Å². The molecule has 0 aliphatic heterocycles. The standard InChI is InChI=1S/C20H24ClNO5S/c1-22(12-14-27-18-6-3-5-16(21)15-18)20(23)7-4-13-26-17-8-10-19(11-9-17)28(2,24)25/h3,5-6,8-11,15H,4,7,12-14H2,1-2H3. The molecule has 0 aliphatic carbocycles. The monoisotopic (exact) mass is 425 g/mol. The van der Waals surface area contributed by atoms with E-state index in [1.165, 1.54) is 12.1 Å². The Morgan fingerprint density at radius 2 is 1.71 bits per heavy atom. The summed E-state index contributed by atoms with van der Waals surface area (Å²) in [4.78, 5) is 14.0. The average Bonchev–Trinajstić information content (AvgIpc) is 2.64. The molecule has 8 heteroatoms. The molecule has 0 aliphatic rings. The van der Waals surface area contributed by atoms with E-state index in [9.17, 15) is 13.2 Å². The van der Waals surface area contributed by atoms with Crippen LogP contribution in [-0.4, -0.2) is 52.3 Å². The van der Waals surface area contributed by atoms with Crippen molar-refractivity contribution in [3.63, 3.8) is 0 Å². The second kappa shape index (κ2) is 10.3. The Bertz CT molecular complexity index is 884. The van der Waals surface area contributed by atoms with Crippen molar-refractivity contribution >= 4 is 27.3 Å². The van der Waals surface area contributed by atoms with Crippen molar-refractivity contribution in [1.82, 2.24) is 4.90 Å². The van der Waals surface area contributed by atoms with E-state index in [0.717, 1.165) is 6.26 Å². The number of carbonyl (C=O) groups excluding carboxylic acids is 1. The third-order valence-corrected chi connectivity index (χ3v) is 5.34. The van der Waals surface area contributed by atoms with Gasteiger partial charge in [-0.2, -0.15) is 0 Å². The van der Waals surface area contributed by atoms with Crippen LogP contribution in [0.15, 0.2) is 53.4 Å². The lowest BCUT2D eigenvalue weighted by molar-refractivity contribution is -0.130. The largest absolute Gasteiger partial charge is 0.494 e. The van der Waals surface area contributed by atoms with Crippen LogP contribution in [0.1, 0.15) is 12.8 Å². The molecule has 0 fully saturated rings. The fraction of sp³-hybridized carbons (Fsp3) is 0.350. The number of hydrogen-bond acceptors (Lipinski definition) is 5. The summed E-state index contributed by atoms with van der Waals surface area (Å²) in [6, 6.07) is 13.3. The molecule has 1 amide bonds. The summed E-state index contributed by atoms with van der Waals surface area (Å²) in [5.41, 5.74) is 0. The first-order valence-corrected chi connectivity index (χ1v) is 11.1. The molecule has 2 rings (SSSR count). The van der Waals surface area contributed by atoms with Crippen molar-refractivity contribution < 1.29 is 22.7 Å². The fourth-order valence-electron chi connectivity index (χ4n) is 2.37. The van der Waals surface area contributed by atoms with Crippen LogP contribution in [0.2, 0.25) is 5.02 Å². The van der Waals surface area contributed by atoms with Crippen molar-refractivity contribution in [2.24, 2.45) is 0 Å². The average molecular weight is 426 g/mol. The molecular weight excluding hydrogens is 402 g/mol. The SMILES string of the molecule is CN(CCOc1cccc(Cl)c1)C(=O)CCCOc1ccc(S(C)(=O)=O)cc1. The second-order valence-corrected chi connectivity index (χ2v) is 8.77. The Kier molecular flexibility index (Phi) is 8.14. The zero-order valence-electron chi connectivity index (χ0n) is 15.9. The van der Waals surface area contributed by atoms with Gasteiger partial charge in [-0.15, -0.1) is 0 Å². The fourth-order valence-corrected chi connectivity index (χ4v) is 3.18. The molecule has 6 nitrogen and oxygen atoms in total. The Labute approximate surface area is 170 Å². The molecule has 0 unspecified atom stereocenters. The van der Waals surface area contributed by atoms with E-state index in [4.69, 9.17) is 21.1 Å². The van der Waals surface area contributed by atoms with Crippen LogP contribution in [0, 0.1) is 0 Å². The van der Waals surface area contributed by atoms with Gasteiger partial charge >= 0.3 is 0 Å². The number of nitrogens with zero attached hydrogens (tertiary/aromatic N) is 1. The lowest BCUT2D eigenvalue weighted by Crippen LogP contribution is -2.30.